The highest BCUT2D eigenvalue weighted by molar-refractivity contribution is 5.39. The fraction of sp³-hybridized carbons (Fsp3) is 0.273. The fourth-order valence-electron chi connectivity index (χ4n) is 2.18. The van der Waals surface area contributed by atoms with Crippen LogP contribution in [0.15, 0.2) is 24.3 Å². The first-order valence-electron chi connectivity index (χ1n) is 5.32. The smallest absolute Gasteiger partial charge is 0.243 e. The number of benzene rings is 1. The van der Waals surface area contributed by atoms with E-state index in [1.165, 1.54) is 11.1 Å². The quantitative estimate of drug-likeness (QED) is 0.697. The van der Waals surface area contributed by atoms with Crippen LogP contribution in [0.4, 0.5) is 11.9 Å². The molecule has 5 heteroatoms. The summed E-state index contributed by atoms with van der Waals surface area (Å²) in [5.74, 6) is 0.924. The van der Waals surface area contributed by atoms with Crippen molar-refractivity contribution in [1.29, 1.82) is 0 Å². The van der Waals surface area contributed by atoms with Gasteiger partial charge in [-0.1, -0.05) is 24.3 Å². The zero-order chi connectivity index (χ0) is 11.0. The molecule has 2 aromatic rings. The van der Waals surface area contributed by atoms with Gasteiger partial charge in [0.15, 0.2) is 0 Å². The van der Waals surface area contributed by atoms with Crippen LogP contribution in [0.5, 0.6) is 0 Å². The summed E-state index contributed by atoms with van der Waals surface area (Å²) in [4.78, 5) is 4.04. The van der Waals surface area contributed by atoms with Gasteiger partial charge in [-0.2, -0.15) is 4.98 Å². The van der Waals surface area contributed by atoms with Gasteiger partial charge in [0.05, 0.1) is 0 Å². The predicted molar refractivity (Wildman–Crippen MR) is 62.1 cm³/mol. The number of fused-ring (bicyclic) bond motifs is 1. The van der Waals surface area contributed by atoms with Crippen molar-refractivity contribution in [1.82, 2.24) is 15.2 Å². The van der Waals surface area contributed by atoms with E-state index in [9.17, 15) is 0 Å². The van der Waals surface area contributed by atoms with E-state index in [2.05, 4.69) is 44.8 Å². The summed E-state index contributed by atoms with van der Waals surface area (Å²) >= 11 is 0. The van der Waals surface area contributed by atoms with Crippen molar-refractivity contribution >= 4 is 11.9 Å². The van der Waals surface area contributed by atoms with Gasteiger partial charge in [0.2, 0.25) is 11.9 Å². The summed E-state index contributed by atoms with van der Waals surface area (Å²) in [6, 6.07) is 8.86. The van der Waals surface area contributed by atoms with E-state index in [1.54, 1.807) is 0 Å². The van der Waals surface area contributed by atoms with Crippen LogP contribution in [0.2, 0.25) is 0 Å². The lowest BCUT2D eigenvalue weighted by molar-refractivity contribution is 0.763. The van der Waals surface area contributed by atoms with E-state index in [0.29, 0.717) is 17.9 Å². The van der Waals surface area contributed by atoms with Gasteiger partial charge in [-0.3, -0.25) is 0 Å². The second kappa shape index (κ2) is 3.52. The highest BCUT2D eigenvalue weighted by Gasteiger charge is 2.21. The van der Waals surface area contributed by atoms with Crippen molar-refractivity contribution < 1.29 is 0 Å². The maximum absolute atomic E-state index is 5.47. The number of nitrogens with zero attached hydrogens (tertiary/aromatic N) is 2. The lowest BCUT2D eigenvalue weighted by Crippen LogP contribution is -2.20. The molecule has 0 saturated carbocycles. The average molecular weight is 215 g/mol. The maximum Gasteiger partial charge on any atom is 0.243 e. The SMILES string of the molecule is Nc1nc(NC2Cc3ccccc3C2)n[nH]1. The monoisotopic (exact) mass is 215 g/mol. The minimum absolute atomic E-state index is 0.345. The van der Waals surface area contributed by atoms with E-state index >= 15 is 0 Å². The Bertz CT molecular complexity index is 480. The van der Waals surface area contributed by atoms with E-state index in [-0.39, 0.29) is 0 Å². The van der Waals surface area contributed by atoms with Gasteiger partial charge >= 0.3 is 0 Å². The molecule has 1 aromatic heterocycles. The molecule has 0 bridgehead atoms. The summed E-state index contributed by atoms with van der Waals surface area (Å²) in [5, 5.41) is 9.86. The number of nitrogens with two attached hydrogens (primary N) is 1. The van der Waals surface area contributed by atoms with Crippen molar-refractivity contribution in [2.24, 2.45) is 0 Å². The van der Waals surface area contributed by atoms with E-state index in [4.69, 9.17) is 5.73 Å². The summed E-state index contributed by atoms with van der Waals surface area (Å²) in [7, 11) is 0. The molecule has 16 heavy (non-hydrogen) atoms. The summed E-state index contributed by atoms with van der Waals surface area (Å²) in [6.45, 7) is 0. The van der Waals surface area contributed by atoms with E-state index < -0.39 is 0 Å². The molecule has 0 fully saturated rings. The lowest BCUT2D eigenvalue weighted by Gasteiger charge is -2.08. The van der Waals surface area contributed by atoms with Crippen molar-refractivity contribution in [2.45, 2.75) is 18.9 Å². The minimum atomic E-state index is 0.345. The molecule has 0 saturated heterocycles. The largest absolute Gasteiger partial charge is 0.368 e. The predicted octanol–water partition coefficient (Wildman–Crippen LogP) is 0.966. The number of aromatic nitrogens is 3. The number of hydrogen-bond acceptors (Lipinski definition) is 4. The number of aromatic amines is 1. The maximum atomic E-state index is 5.47. The Kier molecular flexibility index (Phi) is 2.02. The molecule has 0 amide bonds. The molecule has 5 nitrogen and oxygen atoms in total. The normalized spacial score (nSPS) is 15.0. The Morgan fingerprint density at radius 3 is 2.50 bits per heavy atom. The molecular weight excluding hydrogens is 202 g/mol. The number of nitrogen functional groups attached to an aromatic ring is 1. The molecule has 3 rings (SSSR count). The Balaban J connectivity index is 1.72. The Morgan fingerprint density at radius 1 is 1.25 bits per heavy atom. The van der Waals surface area contributed by atoms with Crippen LogP contribution in [0.1, 0.15) is 11.1 Å². The number of H-pyrrole nitrogens is 1. The van der Waals surface area contributed by atoms with Crippen LogP contribution in [0.3, 0.4) is 0 Å². The fourth-order valence-corrected chi connectivity index (χ4v) is 2.18. The van der Waals surface area contributed by atoms with Gasteiger partial charge in [-0.05, 0) is 24.0 Å². The molecule has 4 N–H and O–H groups in total. The van der Waals surface area contributed by atoms with Crippen LogP contribution in [0, 0.1) is 0 Å². The number of nitrogens with one attached hydrogen (secondary N) is 2. The molecule has 0 aliphatic heterocycles. The zero-order valence-electron chi connectivity index (χ0n) is 8.77. The van der Waals surface area contributed by atoms with Crippen molar-refractivity contribution in [2.75, 3.05) is 11.1 Å². The van der Waals surface area contributed by atoms with Crippen LogP contribution in [0.25, 0.3) is 0 Å². The summed E-state index contributed by atoms with van der Waals surface area (Å²) in [6.07, 6.45) is 2.04. The highest BCUT2D eigenvalue weighted by Crippen LogP contribution is 2.23. The Hall–Kier alpha value is -2.04. The van der Waals surface area contributed by atoms with Gasteiger partial charge in [0.1, 0.15) is 0 Å². The van der Waals surface area contributed by atoms with Gasteiger partial charge in [0, 0.05) is 6.04 Å². The number of hydrogen-bond donors (Lipinski definition) is 3. The van der Waals surface area contributed by atoms with Crippen molar-refractivity contribution in [3.63, 3.8) is 0 Å². The van der Waals surface area contributed by atoms with E-state index in [0.717, 1.165) is 12.8 Å². The molecule has 0 atom stereocenters. The molecule has 1 aliphatic carbocycles. The first-order valence-corrected chi connectivity index (χ1v) is 5.32. The van der Waals surface area contributed by atoms with Gasteiger partial charge < -0.3 is 11.1 Å². The molecule has 1 aromatic carbocycles. The molecule has 1 aliphatic rings. The van der Waals surface area contributed by atoms with E-state index in [1.807, 2.05) is 0 Å². The first-order chi connectivity index (χ1) is 7.81. The minimum Gasteiger partial charge on any atom is -0.368 e. The number of anilines is 2. The van der Waals surface area contributed by atoms with Crippen LogP contribution >= 0.6 is 0 Å². The molecule has 0 unspecified atom stereocenters. The first kappa shape index (κ1) is 9.21. The van der Waals surface area contributed by atoms with Gasteiger partial charge in [-0.15, -0.1) is 5.10 Å². The summed E-state index contributed by atoms with van der Waals surface area (Å²) in [5.41, 5.74) is 8.28. The van der Waals surface area contributed by atoms with Gasteiger partial charge in [0.25, 0.3) is 0 Å². The summed E-state index contributed by atoms with van der Waals surface area (Å²) < 4.78 is 0. The third-order valence-electron chi connectivity index (χ3n) is 2.89. The second-order valence-corrected chi connectivity index (χ2v) is 4.06. The topological polar surface area (TPSA) is 79.6 Å². The van der Waals surface area contributed by atoms with Crippen LogP contribution in [-0.2, 0) is 12.8 Å². The Morgan fingerprint density at radius 2 is 1.94 bits per heavy atom. The van der Waals surface area contributed by atoms with Crippen LogP contribution < -0.4 is 11.1 Å². The molecule has 1 heterocycles. The lowest BCUT2D eigenvalue weighted by atomic mass is 10.1. The average Bonchev–Trinajstić information content (AvgIpc) is 2.84. The second-order valence-electron chi connectivity index (χ2n) is 4.06. The molecule has 82 valence electrons. The third kappa shape index (κ3) is 1.60. The molecule has 0 spiro atoms. The molecular formula is C11H13N5. The molecule has 0 radical (unpaired) electrons. The van der Waals surface area contributed by atoms with Crippen LogP contribution in [-0.4, -0.2) is 21.2 Å². The zero-order valence-corrected chi connectivity index (χ0v) is 8.77. The van der Waals surface area contributed by atoms with Crippen molar-refractivity contribution in [3.8, 4) is 0 Å². The highest BCUT2D eigenvalue weighted by atomic mass is 15.3. The standard InChI is InChI=1S/C11H13N5/c12-10-14-11(16-15-10)13-9-5-7-3-1-2-4-8(7)6-9/h1-4,9H,5-6H2,(H4,12,13,14,15,16). The van der Waals surface area contributed by atoms with Gasteiger partial charge in [-0.25, -0.2) is 5.10 Å². The Labute approximate surface area is 93.1 Å². The number of rotatable bonds is 2. The van der Waals surface area contributed by atoms with Crippen molar-refractivity contribution in [3.05, 3.63) is 35.4 Å². The third-order valence-corrected chi connectivity index (χ3v) is 2.89.